The fraction of sp³-hybridized carbons (Fsp3) is 0.929. The van der Waals surface area contributed by atoms with Gasteiger partial charge in [0.1, 0.15) is 0 Å². The number of hydrogen-bond donors (Lipinski definition) is 1. The van der Waals surface area contributed by atoms with Crippen molar-refractivity contribution in [3.8, 4) is 0 Å². The van der Waals surface area contributed by atoms with Crippen LogP contribution in [0.25, 0.3) is 0 Å². The third-order valence-electron chi connectivity index (χ3n) is 4.49. The van der Waals surface area contributed by atoms with Crippen LogP contribution >= 0.6 is 11.8 Å². The van der Waals surface area contributed by atoms with Crippen LogP contribution in [0.1, 0.15) is 33.6 Å². The van der Waals surface area contributed by atoms with E-state index < -0.39 is 0 Å². The van der Waals surface area contributed by atoms with Crippen molar-refractivity contribution in [1.82, 2.24) is 10.2 Å². The number of piperidine rings is 1. The van der Waals surface area contributed by atoms with E-state index in [0.717, 1.165) is 12.5 Å². The van der Waals surface area contributed by atoms with E-state index in [4.69, 9.17) is 4.99 Å². The van der Waals surface area contributed by atoms with Crippen LogP contribution in [0.4, 0.5) is 0 Å². The number of hydrogen-bond acceptors (Lipinski definition) is 3. The molecule has 3 nitrogen and oxygen atoms in total. The van der Waals surface area contributed by atoms with Gasteiger partial charge in [0.05, 0.1) is 0 Å². The molecule has 1 N–H and O–H groups in total. The SMILES string of the molecule is CC1CSC(=NCC2(C)CCN(C)CC2)NC1C. The lowest BCUT2D eigenvalue weighted by molar-refractivity contribution is 0.147. The van der Waals surface area contributed by atoms with Gasteiger partial charge in [-0.25, -0.2) is 0 Å². The van der Waals surface area contributed by atoms with Crippen LogP contribution in [0.5, 0.6) is 0 Å². The van der Waals surface area contributed by atoms with E-state index in [1.807, 2.05) is 11.8 Å². The molecule has 2 fully saturated rings. The molecule has 2 unspecified atom stereocenters. The van der Waals surface area contributed by atoms with Gasteiger partial charge >= 0.3 is 0 Å². The molecular weight excluding hydrogens is 242 g/mol. The summed E-state index contributed by atoms with van der Waals surface area (Å²) < 4.78 is 0. The van der Waals surface area contributed by atoms with Crippen LogP contribution in [0.3, 0.4) is 0 Å². The van der Waals surface area contributed by atoms with Gasteiger partial charge in [0, 0.05) is 18.3 Å². The number of likely N-dealkylation sites (tertiary alicyclic amines) is 1. The van der Waals surface area contributed by atoms with Crippen molar-refractivity contribution in [2.45, 2.75) is 39.7 Å². The maximum absolute atomic E-state index is 4.84. The van der Waals surface area contributed by atoms with Crippen molar-refractivity contribution in [3.05, 3.63) is 0 Å². The number of aliphatic imine (C=N–C) groups is 1. The Labute approximate surface area is 116 Å². The number of thioether (sulfide) groups is 1. The lowest BCUT2D eigenvalue weighted by atomic mass is 9.81. The number of nitrogens with zero attached hydrogens (tertiary/aromatic N) is 2. The third-order valence-corrected chi connectivity index (χ3v) is 5.70. The largest absolute Gasteiger partial charge is 0.362 e. The average molecular weight is 269 g/mol. The molecule has 2 heterocycles. The average Bonchev–Trinajstić information content (AvgIpc) is 2.35. The standard InChI is InChI=1S/C14H27N3S/c1-11-9-18-13(16-12(11)2)15-10-14(3)5-7-17(4)8-6-14/h11-12H,5-10H2,1-4H3,(H,15,16). The van der Waals surface area contributed by atoms with E-state index in [1.165, 1.54) is 36.9 Å². The highest BCUT2D eigenvalue weighted by Gasteiger charge is 2.29. The third kappa shape index (κ3) is 3.64. The Morgan fingerprint density at radius 2 is 2.06 bits per heavy atom. The van der Waals surface area contributed by atoms with E-state index in [0.29, 0.717) is 11.5 Å². The summed E-state index contributed by atoms with van der Waals surface area (Å²) >= 11 is 1.89. The summed E-state index contributed by atoms with van der Waals surface area (Å²) in [5.74, 6) is 1.94. The smallest absolute Gasteiger partial charge is 0.156 e. The zero-order valence-corrected chi connectivity index (χ0v) is 13.0. The van der Waals surface area contributed by atoms with Gasteiger partial charge in [-0.05, 0) is 51.2 Å². The molecule has 2 aliphatic heterocycles. The fourth-order valence-corrected chi connectivity index (χ4v) is 3.54. The minimum Gasteiger partial charge on any atom is -0.362 e. The first kappa shape index (κ1) is 14.2. The van der Waals surface area contributed by atoms with E-state index in [-0.39, 0.29) is 0 Å². The molecule has 2 saturated heterocycles. The summed E-state index contributed by atoms with van der Waals surface area (Å²) in [6.07, 6.45) is 2.55. The summed E-state index contributed by atoms with van der Waals surface area (Å²) in [5.41, 5.74) is 0.411. The molecule has 0 aromatic carbocycles. The molecule has 0 radical (unpaired) electrons. The van der Waals surface area contributed by atoms with Crippen molar-refractivity contribution in [1.29, 1.82) is 0 Å². The summed E-state index contributed by atoms with van der Waals surface area (Å²) in [7, 11) is 2.22. The van der Waals surface area contributed by atoms with Crippen LogP contribution in [0.2, 0.25) is 0 Å². The van der Waals surface area contributed by atoms with Crippen LogP contribution in [-0.2, 0) is 0 Å². The first-order valence-electron chi connectivity index (χ1n) is 7.11. The van der Waals surface area contributed by atoms with Gasteiger partial charge in [0.15, 0.2) is 5.17 Å². The van der Waals surface area contributed by atoms with Crippen LogP contribution < -0.4 is 5.32 Å². The Balaban J connectivity index is 1.86. The lowest BCUT2D eigenvalue weighted by Crippen LogP contribution is -2.42. The van der Waals surface area contributed by atoms with Crippen molar-refractivity contribution < 1.29 is 0 Å². The second-order valence-electron chi connectivity index (χ2n) is 6.46. The Bertz CT molecular complexity index is 308. The van der Waals surface area contributed by atoms with Crippen molar-refractivity contribution in [3.63, 3.8) is 0 Å². The topological polar surface area (TPSA) is 27.6 Å². The Hall–Kier alpha value is -0.220. The highest BCUT2D eigenvalue weighted by molar-refractivity contribution is 8.13. The number of amidine groups is 1. The van der Waals surface area contributed by atoms with Gasteiger partial charge in [0.2, 0.25) is 0 Å². The molecule has 0 amide bonds. The Morgan fingerprint density at radius 1 is 1.39 bits per heavy atom. The zero-order valence-electron chi connectivity index (χ0n) is 12.2. The molecule has 2 atom stereocenters. The van der Waals surface area contributed by atoms with Crippen molar-refractivity contribution >= 4 is 16.9 Å². The normalized spacial score (nSPS) is 35.4. The molecular formula is C14H27N3S. The Morgan fingerprint density at radius 3 is 2.67 bits per heavy atom. The predicted octanol–water partition coefficient (Wildman–Crippen LogP) is 2.44. The molecule has 0 aliphatic carbocycles. The van der Waals surface area contributed by atoms with E-state index in [1.54, 1.807) is 0 Å². The second-order valence-corrected chi connectivity index (χ2v) is 7.47. The Kier molecular flexibility index (Phi) is 4.59. The summed E-state index contributed by atoms with van der Waals surface area (Å²) in [4.78, 5) is 7.26. The van der Waals surface area contributed by atoms with Gasteiger partial charge in [-0.3, -0.25) is 4.99 Å². The zero-order chi connectivity index (χ0) is 13.2. The van der Waals surface area contributed by atoms with Crippen molar-refractivity contribution in [2.75, 3.05) is 32.4 Å². The summed E-state index contributed by atoms with van der Waals surface area (Å²) in [6, 6.07) is 0.565. The molecule has 104 valence electrons. The summed E-state index contributed by atoms with van der Waals surface area (Å²) in [5, 5.41) is 4.70. The number of nitrogens with one attached hydrogen (secondary N) is 1. The fourth-order valence-electron chi connectivity index (χ4n) is 2.40. The maximum atomic E-state index is 4.84. The summed E-state index contributed by atoms with van der Waals surface area (Å²) in [6.45, 7) is 10.4. The van der Waals surface area contributed by atoms with E-state index in [2.05, 4.69) is 38.0 Å². The molecule has 2 aliphatic rings. The van der Waals surface area contributed by atoms with Gasteiger partial charge in [-0.2, -0.15) is 0 Å². The molecule has 18 heavy (non-hydrogen) atoms. The van der Waals surface area contributed by atoms with Gasteiger partial charge < -0.3 is 10.2 Å². The van der Waals surface area contributed by atoms with Crippen molar-refractivity contribution in [2.24, 2.45) is 16.3 Å². The van der Waals surface area contributed by atoms with Crippen LogP contribution in [0.15, 0.2) is 4.99 Å². The molecule has 2 rings (SSSR count). The van der Waals surface area contributed by atoms with Gasteiger partial charge in [0.25, 0.3) is 0 Å². The minimum atomic E-state index is 0.411. The van der Waals surface area contributed by atoms with Crippen LogP contribution in [-0.4, -0.2) is 48.5 Å². The first-order valence-corrected chi connectivity index (χ1v) is 8.09. The van der Waals surface area contributed by atoms with E-state index >= 15 is 0 Å². The molecule has 0 saturated carbocycles. The highest BCUT2D eigenvalue weighted by Crippen LogP contribution is 2.31. The first-order chi connectivity index (χ1) is 8.48. The molecule has 0 bridgehead atoms. The monoisotopic (exact) mass is 269 g/mol. The maximum Gasteiger partial charge on any atom is 0.156 e. The molecule has 4 heteroatoms. The predicted molar refractivity (Wildman–Crippen MR) is 81.4 cm³/mol. The lowest BCUT2D eigenvalue weighted by Gasteiger charge is -2.37. The van der Waals surface area contributed by atoms with Crippen LogP contribution in [0, 0.1) is 11.3 Å². The molecule has 0 spiro atoms. The highest BCUT2D eigenvalue weighted by atomic mass is 32.2. The second kappa shape index (κ2) is 5.83. The van der Waals surface area contributed by atoms with E-state index in [9.17, 15) is 0 Å². The molecule has 0 aromatic heterocycles. The van der Waals surface area contributed by atoms with Gasteiger partial charge in [-0.1, -0.05) is 25.6 Å². The quantitative estimate of drug-likeness (QED) is 0.834. The number of rotatable bonds is 2. The van der Waals surface area contributed by atoms with Gasteiger partial charge in [-0.15, -0.1) is 0 Å². The molecule has 0 aromatic rings. The minimum absolute atomic E-state index is 0.411.